The average Bonchev–Trinajstić information content (AvgIpc) is 2.40. The molecule has 1 heteroatoms. The van der Waals surface area contributed by atoms with Gasteiger partial charge in [-0.3, -0.25) is 0 Å². The molecule has 0 aromatic carbocycles. The van der Waals surface area contributed by atoms with Crippen molar-refractivity contribution in [2.24, 2.45) is 5.41 Å². The summed E-state index contributed by atoms with van der Waals surface area (Å²) in [6, 6.07) is 1.49. The monoisotopic (exact) mass is 137 g/mol. The lowest BCUT2D eigenvalue weighted by molar-refractivity contribution is 0.341. The minimum atomic E-state index is 0.503. The first kappa shape index (κ1) is 6.41. The molecule has 0 spiro atoms. The molecule has 2 rings (SSSR count). The highest BCUT2D eigenvalue weighted by Gasteiger charge is 2.48. The van der Waals surface area contributed by atoms with Gasteiger partial charge in [0.2, 0.25) is 0 Å². The predicted molar refractivity (Wildman–Crippen MR) is 42.9 cm³/mol. The fourth-order valence-corrected chi connectivity index (χ4v) is 2.20. The lowest BCUT2D eigenvalue weighted by Crippen LogP contribution is -2.24. The highest BCUT2D eigenvalue weighted by molar-refractivity contribution is 5.26. The summed E-state index contributed by atoms with van der Waals surface area (Å²) >= 11 is 0. The number of allylic oxidation sites excluding steroid dienone is 1. The van der Waals surface area contributed by atoms with Crippen LogP contribution in [0.5, 0.6) is 0 Å². The Morgan fingerprint density at radius 1 is 1.60 bits per heavy atom. The largest absolute Gasteiger partial charge is 0.304 e. The van der Waals surface area contributed by atoms with Gasteiger partial charge in [-0.15, -0.1) is 0 Å². The summed E-state index contributed by atoms with van der Waals surface area (Å²) in [6.07, 6.45) is 3.64. The second-order valence-corrected chi connectivity index (χ2v) is 4.35. The molecule has 2 aliphatic rings. The van der Waals surface area contributed by atoms with Gasteiger partial charge in [-0.25, -0.2) is 0 Å². The molecule has 0 saturated carbocycles. The van der Waals surface area contributed by atoms with Gasteiger partial charge in [0.05, 0.1) is 0 Å². The fraction of sp³-hybridized carbons (Fsp3) is 0.778. The van der Waals surface area contributed by atoms with Crippen LogP contribution < -0.4 is 5.32 Å². The summed E-state index contributed by atoms with van der Waals surface area (Å²) in [5.41, 5.74) is 2.06. The summed E-state index contributed by atoms with van der Waals surface area (Å²) in [5.74, 6) is 0. The van der Waals surface area contributed by atoms with Gasteiger partial charge in [-0.05, 0) is 18.8 Å². The molecule has 0 bridgehead atoms. The van der Waals surface area contributed by atoms with Crippen molar-refractivity contribution in [3.8, 4) is 0 Å². The zero-order valence-electron chi connectivity index (χ0n) is 6.94. The summed E-state index contributed by atoms with van der Waals surface area (Å²) < 4.78 is 0. The van der Waals surface area contributed by atoms with Crippen molar-refractivity contribution in [2.45, 2.75) is 39.3 Å². The quantitative estimate of drug-likeness (QED) is 0.398. The van der Waals surface area contributed by atoms with E-state index in [1.54, 1.807) is 5.57 Å². The third kappa shape index (κ3) is 0.807. The van der Waals surface area contributed by atoms with Crippen molar-refractivity contribution in [1.29, 1.82) is 0 Å². The molecule has 1 heterocycles. The Hall–Kier alpha value is -0.300. The molecule has 1 aliphatic carbocycles. The maximum absolute atomic E-state index is 3.47. The van der Waals surface area contributed by atoms with Gasteiger partial charge in [-0.2, -0.15) is 0 Å². The summed E-state index contributed by atoms with van der Waals surface area (Å²) in [6.45, 7) is 6.93. The van der Waals surface area contributed by atoms with Gasteiger partial charge in [-0.1, -0.05) is 25.5 Å². The molecule has 56 valence electrons. The molecule has 2 unspecified atom stereocenters. The molecule has 1 N–H and O–H groups in total. The first-order chi connectivity index (χ1) is 4.59. The van der Waals surface area contributed by atoms with Crippen LogP contribution in [0.4, 0.5) is 0 Å². The Labute approximate surface area is 62.5 Å². The molecular formula is C9H15N. The number of hydrogen-bond donors (Lipinski definition) is 1. The fourth-order valence-electron chi connectivity index (χ4n) is 2.20. The van der Waals surface area contributed by atoms with Crippen LogP contribution in [0.2, 0.25) is 0 Å². The molecule has 0 aromatic heterocycles. The Balaban J connectivity index is 2.24. The van der Waals surface area contributed by atoms with E-state index in [1.165, 1.54) is 6.42 Å². The average molecular weight is 137 g/mol. The number of fused-ring (bicyclic) bond motifs is 1. The minimum absolute atomic E-state index is 0.503. The lowest BCUT2D eigenvalue weighted by atomic mass is 9.77. The summed E-state index contributed by atoms with van der Waals surface area (Å²) in [7, 11) is 0. The van der Waals surface area contributed by atoms with Gasteiger partial charge < -0.3 is 5.32 Å². The molecule has 1 aliphatic heterocycles. The third-order valence-corrected chi connectivity index (χ3v) is 2.66. The second kappa shape index (κ2) is 1.65. The Morgan fingerprint density at radius 3 is 2.90 bits per heavy atom. The Morgan fingerprint density at radius 2 is 2.30 bits per heavy atom. The van der Waals surface area contributed by atoms with Crippen LogP contribution in [0.15, 0.2) is 11.6 Å². The third-order valence-electron chi connectivity index (χ3n) is 2.66. The normalized spacial score (nSPS) is 42.1. The van der Waals surface area contributed by atoms with E-state index in [0.29, 0.717) is 11.5 Å². The van der Waals surface area contributed by atoms with Gasteiger partial charge in [0.1, 0.15) is 0 Å². The first-order valence-electron chi connectivity index (χ1n) is 4.03. The van der Waals surface area contributed by atoms with Crippen molar-refractivity contribution in [3.05, 3.63) is 11.6 Å². The van der Waals surface area contributed by atoms with E-state index in [9.17, 15) is 0 Å². The molecule has 0 amide bonds. The molecule has 1 saturated heterocycles. The molecular weight excluding hydrogens is 122 g/mol. The molecule has 0 radical (unpaired) electrons. The molecule has 1 nitrogen and oxygen atoms in total. The van der Waals surface area contributed by atoms with Crippen molar-refractivity contribution >= 4 is 0 Å². The molecule has 1 fully saturated rings. The van der Waals surface area contributed by atoms with Crippen LogP contribution in [0.1, 0.15) is 27.2 Å². The number of nitrogens with one attached hydrogen (secondary N) is 1. The number of rotatable bonds is 0. The van der Waals surface area contributed by atoms with Crippen LogP contribution in [0, 0.1) is 5.41 Å². The summed E-state index contributed by atoms with van der Waals surface area (Å²) in [4.78, 5) is 0. The van der Waals surface area contributed by atoms with Crippen LogP contribution in [0.25, 0.3) is 0 Å². The van der Waals surface area contributed by atoms with Gasteiger partial charge >= 0.3 is 0 Å². The van der Waals surface area contributed by atoms with E-state index >= 15 is 0 Å². The zero-order chi connectivity index (χ0) is 7.35. The zero-order valence-corrected chi connectivity index (χ0v) is 6.94. The maximum atomic E-state index is 3.47. The van der Waals surface area contributed by atoms with E-state index in [2.05, 4.69) is 32.2 Å². The molecule has 10 heavy (non-hydrogen) atoms. The van der Waals surface area contributed by atoms with Crippen molar-refractivity contribution in [3.63, 3.8) is 0 Å². The van der Waals surface area contributed by atoms with E-state index in [4.69, 9.17) is 0 Å². The van der Waals surface area contributed by atoms with Crippen molar-refractivity contribution in [2.75, 3.05) is 0 Å². The molecule has 0 aromatic rings. The van der Waals surface area contributed by atoms with E-state index in [0.717, 1.165) is 6.04 Å². The smallest absolute Gasteiger partial charge is 0.0416 e. The van der Waals surface area contributed by atoms with Crippen LogP contribution >= 0.6 is 0 Å². The standard InChI is InChI=1S/C9H15N/c1-6-4-7-8(10-7)9(2,3)5-6/h4,7-8,10H,5H2,1-3H3. The highest BCUT2D eigenvalue weighted by Crippen LogP contribution is 2.42. The van der Waals surface area contributed by atoms with Crippen molar-refractivity contribution < 1.29 is 0 Å². The Bertz CT molecular complexity index is 191. The van der Waals surface area contributed by atoms with Gasteiger partial charge in [0.15, 0.2) is 0 Å². The molecule has 2 atom stereocenters. The van der Waals surface area contributed by atoms with Crippen LogP contribution in [-0.2, 0) is 0 Å². The maximum Gasteiger partial charge on any atom is 0.0416 e. The van der Waals surface area contributed by atoms with Gasteiger partial charge in [0, 0.05) is 12.1 Å². The lowest BCUT2D eigenvalue weighted by Gasteiger charge is -2.26. The Kier molecular flexibility index (Phi) is 1.06. The van der Waals surface area contributed by atoms with E-state index < -0.39 is 0 Å². The minimum Gasteiger partial charge on any atom is -0.304 e. The highest BCUT2D eigenvalue weighted by atomic mass is 15.2. The number of hydrogen-bond acceptors (Lipinski definition) is 1. The summed E-state index contributed by atoms with van der Waals surface area (Å²) in [5, 5.41) is 3.47. The van der Waals surface area contributed by atoms with Gasteiger partial charge in [0.25, 0.3) is 0 Å². The first-order valence-corrected chi connectivity index (χ1v) is 4.03. The van der Waals surface area contributed by atoms with E-state index in [1.807, 2.05) is 0 Å². The van der Waals surface area contributed by atoms with Crippen LogP contribution in [-0.4, -0.2) is 12.1 Å². The van der Waals surface area contributed by atoms with Crippen molar-refractivity contribution in [1.82, 2.24) is 5.32 Å². The SMILES string of the molecule is CC1=CC2NC2C(C)(C)C1. The topological polar surface area (TPSA) is 21.9 Å². The van der Waals surface area contributed by atoms with E-state index in [-0.39, 0.29) is 0 Å². The van der Waals surface area contributed by atoms with Crippen LogP contribution in [0.3, 0.4) is 0 Å². The predicted octanol–water partition coefficient (Wildman–Crippen LogP) is 1.70. The second-order valence-electron chi connectivity index (χ2n) is 4.35.